The summed E-state index contributed by atoms with van der Waals surface area (Å²) in [7, 11) is 0. The number of nitrogens with one attached hydrogen (secondary N) is 1. The fourth-order valence-corrected chi connectivity index (χ4v) is 2.18. The molecule has 1 unspecified atom stereocenters. The molecule has 1 N–H and O–H groups in total. The molecule has 0 radical (unpaired) electrons. The molecule has 1 heterocycles. The normalized spacial score (nSPS) is 16.5. The van der Waals surface area contributed by atoms with Crippen LogP contribution >= 0.6 is 0 Å². The maximum atomic E-state index is 4.10. The molecule has 0 aliphatic heterocycles. The van der Waals surface area contributed by atoms with Crippen molar-refractivity contribution in [1.29, 1.82) is 0 Å². The lowest BCUT2D eigenvalue weighted by atomic mass is 10.1. The summed E-state index contributed by atoms with van der Waals surface area (Å²) in [6, 6.07) is 9.16. The molecule has 1 fully saturated rings. The molecule has 4 nitrogen and oxygen atoms in total. The van der Waals surface area contributed by atoms with Crippen molar-refractivity contribution in [3.8, 4) is 0 Å². The lowest BCUT2D eigenvalue weighted by Gasteiger charge is -2.14. The summed E-state index contributed by atoms with van der Waals surface area (Å²) in [5.74, 6) is 0.875. The van der Waals surface area contributed by atoms with E-state index in [-0.39, 0.29) is 0 Å². The van der Waals surface area contributed by atoms with Gasteiger partial charge in [0.1, 0.15) is 12.7 Å². The number of anilines is 1. The number of aromatic nitrogens is 3. The fraction of sp³-hybridized carbons (Fsp3) is 0.429. The van der Waals surface area contributed by atoms with Gasteiger partial charge in [0.15, 0.2) is 0 Å². The Bertz CT molecular complexity index is 485. The Kier molecular flexibility index (Phi) is 3.00. The van der Waals surface area contributed by atoms with Crippen molar-refractivity contribution in [3.05, 3.63) is 42.5 Å². The number of rotatable bonds is 5. The SMILES string of the molecule is CC(Nc1ccc(Cn2cncn2)cc1)C1CC1. The second kappa shape index (κ2) is 4.80. The molecule has 0 spiro atoms. The van der Waals surface area contributed by atoms with Gasteiger partial charge in [0.05, 0.1) is 6.54 Å². The molecule has 1 aromatic heterocycles. The van der Waals surface area contributed by atoms with E-state index in [4.69, 9.17) is 0 Å². The van der Waals surface area contributed by atoms with E-state index in [0.717, 1.165) is 12.5 Å². The standard InChI is InChI=1S/C14H18N4/c1-11(13-4-5-13)17-14-6-2-12(3-7-14)8-18-10-15-9-16-18/h2-3,6-7,9-11,13,17H,4-5,8H2,1H3. The van der Waals surface area contributed by atoms with Crippen LogP contribution in [-0.2, 0) is 6.54 Å². The highest BCUT2D eigenvalue weighted by Gasteiger charge is 2.27. The largest absolute Gasteiger partial charge is 0.382 e. The van der Waals surface area contributed by atoms with Crippen LogP contribution in [0.25, 0.3) is 0 Å². The monoisotopic (exact) mass is 242 g/mol. The van der Waals surface area contributed by atoms with Crippen LogP contribution in [0, 0.1) is 5.92 Å². The van der Waals surface area contributed by atoms with Gasteiger partial charge in [-0.1, -0.05) is 12.1 Å². The third-order valence-corrected chi connectivity index (χ3v) is 3.49. The summed E-state index contributed by atoms with van der Waals surface area (Å²) in [6.45, 7) is 3.04. The predicted molar refractivity (Wildman–Crippen MR) is 71.4 cm³/mol. The average Bonchev–Trinajstić information content (AvgIpc) is 3.11. The Labute approximate surface area is 107 Å². The van der Waals surface area contributed by atoms with Crippen molar-refractivity contribution < 1.29 is 0 Å². The van der Waals surface area contributed by atoms with Crippen LogP contribution in [0.5, 0.6) is 0 Å². The first kappa shape index (κ1) is 11.3. The number of benzene rings is 1. The summed E-state index contributed by atoms with van der Waals surface area (Å²) >= 11 is 0. The maximum absolute atomic E-state index is 4.10. The molecule has 4 heteroatoms. The van der Waals surface area contributed by atoms with Crippen LogP contribution in [-0.4, -0.2) is 20.8 Å². The Morgan fingerprint density at radius 1 is 1.33 bits per heavy atom. The van der Waals surface area contributed by atoms with E-state index in [2.05, 4.69) is 46.6 Å². The quantitative estimate of drug-likeness (QED) is 0.876. The van der Waals surface area contributed by atoms with Crippen molar-refractivity contribution in [2.75, 3.05) is 5.32 Å². The first-order chi connectivity index (χ1) is 8.81. The second-order valence-electron chi connectivity index (χ2n) is 5.06. The zero-order valence-electron chi connectivity index (χ0n) is 10.6. The molecule has 1 aromatic carbocycles. The van der Waals surface area contributed by atoms with Crippen LogP contribution in [0.2, 0.25) is 0 Å². The van der Waals surface area contributed by atoms with Crippen molar-refractivity contribution in [1.82, 2.24) is 14.8 Å². The highest BCUT2D eigenvalue weighted by molar-refractivity contribution is 5.45. The molecule has 2 aromatic rings. The van der Waals surface area contributed by atoms with Gasteiger partial charge in [-0.15, -0.1) is 0 Å². The van der Waals surface area contributed by atoms with Crippen molar-refractivity contribution in [2.24, 2.45) is 5.92 Å². The molecule has 0 saturated heterocycles. The summed E-state index contributed by atoms with van der Waals surface area (Å²) < 4.78 is 1.83. The Hall–Kier alpha value is -1.84. The molecule has 1 atom stereocenters. The zero-order chi connectivity index (χ0) is 12.4. The van der Waals surface area contributed by atoms with Gasteiger partial charge in [0, 0.05) is 11.7 Å². The van der Waals surface area contributed by atoms with Crippen molar-refractivity contribution in [3.63, 3.8) is 0 Å². The van der Waals surface area contributed by atoms with Crippen LogP contribution in [0.15, 0.2) is 36.9 Å². The summed E-state index contributed by atoms with van der Waals surface area (Å²) in [5, 5.41) is 7.66. The van der Waals surface area contributed by atoms with Gasteiger partial charge in [0.2, 0.25) is 0 Å². The smallest absolute Gasteiger partial charge is 0.137 e. The minimum atomic E-state index is 0.589. The summed E-state index contributed by atoms with van der Waals surface area (Å²) in [5.41, 5.74) is 2.45. The highest BCUT2D eigenvalue weighted by atomic mass is 15.3. The van der Waals surface area contributed by atoms with Gasteiger partial charge >= 0.3 is 0 Å². The fourth-order valence-electron chi connectivity index (χ4n) is 2.18. The van der Waals surface area contributed by atoms with Gasteiger partial charge in [-0.05, 0) is 43.4 Å². The molecule has 1 aliphatic rings. The predicted octanol–water partition coefficient (Wildman–Crippen LogP) is 2.54. The van der Waals surface area contributed by atoms with E-state index in [1.807, 2.05) is 4.68 Å². The van der Waals surface area contributed by atoms with Crippen LogP contribution in [0.3, 0.4) is 0 Å². The molecule has 1 aliphatic carbocycles. The number of hydrogen-bond acceptors (Lipinski definition) is 3. The van der Waals surface area contributed by atoms with Crippen LogP contribution in [0.4, 0.5) is 5.69 Å². The summed E-state index contributed by atoms with van der Waals surface area (Å²) in [6.07, 6.45) is 6.05. The van der Waals surface area contributed by atoms with E-state index >= 15 is 0 Å². The molecule has 0 bridgehead atoms. The van der Waals surface area contributed by atoms with E-state index in [1.54, 1.807) is 12.7 Å². The molecule has 3 rings (SSSR count). The first-order valence-electron chi connectivity index (χ1n) is 6.49. The molecule has 1 saturated carbocycles. The molecular weight excluding hydrogens is 224 g/mol. The second-order valence-corrected chi connectivity index (χ2v) is 5.06. The Morgan fingerprint density at radius 2 is 2.11 bits per heavy atom. The minimum Gasteiger partial charge on any atom is -0.382 e. The zero-order valence-corrected chi connectivity index (χ0v) is 10.6. The van der Waals surface area contributed by atoms with Crippen LogP contribution < -0.4 is 5.32 Å². The first-order valence-corrected chi connectivity index (χ1v) is 6.49. The third-order valence-electron chi connectivity index (χ3n) is 3.49. The van der Waals surface area contributed by atoms with E-state index < -0.39 is 0 Å². The highest BCUT2D eigenvalue weighted by Crippen LogP contribution is 2.33. The van der Waals surface area contributed by atoms with E-state index in [0.29, 0.717) is 6.04 Å². The lowest BCUT2D eigenvalue weighted by Crippen LogP contribution is -2.17. The number of nitrogens with zero attached hydrogens (tertiary/aromatic N) is 3. The van der Waals surface area contributed by atoms with Gasteiger partial charge in [-0.25, -0.2) is 9.67 Å². The molecular formula is C14H18N4. The topological polar surface area (TPSA) is 42.7 Å². The van der Waals surface area contributed by atoms with Gasteiger partial charge in [0.25, 0.3) is 0 Å². The lowest BCUT2D eigenvalue weighted by molar-refractivity contribution is 0.683. The number of hydrogen-bond donors (Lipinski definition) is 1. The molecule has 0 amide bonds. The third kappa shape index (κ3) is 2.70. The molecule has 94 valence electrons. The van der Waals surface area contributed by atoms with E-state index in [1.165, 1.54) is 24.1 Å². The molecule has 18 heavy (non-hydrogen) atoms. The Morgan fingerprint density at radius 3 is 2.72 bits per heavy atom. The van der Waals surface area contributed by atoms with Gasteiger partial charge in [-0.2, -0.15) is 5.10 Å². The average molecular weight is 242 g/mol. The Balaban J connectivity index is 1.61. The summed E-state index contributed by atoms with van der Waals surface area (Å²) in [4.78, 5) is 3.94. The van der Waals surface area contributed by atoms with E-state index in [9.17, 15) is 0 Å². The maximum Gasteiger partial charge on any atom is 0.137 e. The van der Waals surface area contributed by atoms with Gasteiger partial charge < -0.3 is 5.32 Å². The van der Waals surface area contributed by atoms with Crippen molar-refractivity contribution in [2.45, 2.75) is 32.4 Å². The van der Waals surface area contributed by atoms with Crippen molar-refractivity contribution >= 4 is 5.69 Å². The minimum absolute atomic E-state index is 0.589. The van der Waals surface area contributed by atoms with Crippen LogP contribution in [0.1, 0.15) is 25.3 Å². The van der Waals surface area contributed by atoms with Gasteiger partial charge in [-0.3, -0.25) is 0 Å².